The Bertz CT molecular complexity index is 569. The first-order chi connectivity index (χ1) is 7.50. The zero-order valence-corrected chi connectivity index (χ0v) is 9.76. The topological polar surface area (TPSA) is 50.4 Å². The molecule has 0 amide bonds. The normalized spacial score (nSPS) is 10.9. The number of aryl methyl sites for hydroxylation is 2. The SMILES string of the molecule is Cc1ccc2c(CC(=O)O)c(Cl)oc2c1C. The van der Waals surface area contributed by atoms with Gasteiger partial charge in [0.25, 0.3) is 0 Å². The van der Waals surface area contributed by atoms with Gasteiger partial charge in [0.1, 0.15) is 5.58 Å². The highest BCUT2D eigenvalue weighted by molar-refractivity contribution is 6.31. The molecule has 0 fully saturated rings. The molecule has 1 N–H and O–H groups in total. The van der Waals surface area contributed by atoms with Gasteiger partial charge in [-0.2, -0.15) is 0 Å². The first-order valence-corrected chi connectivity index (χ1v) is 5.27. The number of aliphatic carboxylic acids is 1. The largest absolute Gasteiger partial charge is 0.481 e. The molecule has 0 atom stereocenters. The van der Waals surface area contributed by atoms with Crippen LogP contribution in [0.2, 0.25) is 5.22 Å². The fourth-order valence-corrected chi connectivity index (χ4v) is 1.98. The molecule has 2 rings (SSSR count). The number of benzene rings is 1. The second-order valence-electron chi connectivity index (χ2n) is 3.81. The highest BCUT2D eigenvalue weighted by Gasteiger charge is 2.17. The maximum absolute atomic E-state index is 10.7. The Labute approximate surface area is 97.6 Å². The lowest BCUT2D eigenvalue weighted by molar-refractivity contribution is -0.136. The van der Waals surface area contributed by atoms with Crippen LogP contribution in [0.15, 0.2) is 16.5 Å². The molecule has 0 radical (unpaired) electrons. The van der Waals surface area contributed by atoms with Crippen LogP contribution >= 0.6 is 11.6 Å². The first kappa shape index (κ1) is 11.0. The van der Waals surface area contributed by atoms with Crippen LogP contribution in [0.4, 0.5) is 0 Å². The molecular weight excluding hydrogens is 228 g/mol. The number of hydrogen-bond donors (Lipinski definition) is 1. The highest BCUT2D eigenvalue weighted by atomic mass is 35.5. The molecule has 1 aromatic heterocycles. The number of carbonyl (C=O) groups is 1. The number of carboxylic acids is 1. The van der Waals surface area contributed by atoms with Gasteiger partial charge in [-0.3, -0.25) is 4.79 Å². The van der Waals surface area contributed by atoms with Gasteiger partial charge in [0, 0.05) is 10.9 Å². The van der Waals surface area contributed by atoms with Gasteiger partial charge < -0.3 is 9.52 Å². The Morgan fingerprint density at radius 1 is 1.44 bits per heavy atom. The monoisotopic (exact) mass is 238 g/mol. The number of rotatable bonds is 2. The molecule has 4 heteroatoms. The minimum atomic E-state index is -0.914. The molecule has 0 bridgehead atoms. The predicted molar refractivity (Wildman–Crippen MR) is 62.0 cm³/mol. The summed E-state index contributed by atoms with van der Waals surface area (Å²) in [4.78, 5) is 10.7. The Balaban J connectivity index is 2.71. The minimum absolute atomic E-state index is 0.117. The van der Waals surface area contributed by atoms with Crippen molar-refractivity contribution < 1.29 is 14.3 Å². The molecule has 84 valence electrons. The lowest BCUT2D eigenvalue weighted by atomic mass is 10.0. The molecule has 0 saturated carbocycles. The van der Waals surface area contributed by atoms with E-state index < -0.39 is 5.97 Å². The molecule has 0 aliphatic heterocycles. The van der Waals surface area contributed by atoms with E-state index >= 15 is 0 Å². The fraction of sp³-hybridized carbons (Fsp3) is 0.250. The zero-order valence-electron chi connectivity index (χ0n) is 9.00. The molecule has 0 spiro atoms. The summed E-state index contributed by atoms with van der Waals surface area (Å²) >= 11 is 5.91. The van der Waals surface area contributed by atoms with Crippen LogP contribution < -0.4 is 0 Å². The second kappa shape index (κ2) is 3.83. The van der Waals surface area contributed by atoms with E-state index in [2.05, 4.69) is 0 Å². The van der Waals surface area contributed by atoms with Gasteiger partial charge in [-0.05, 0) is 36.6 Å². The summed E-state index contributed by atoms with van der Waals surface area (Å²) < 4.78 is 5.41. The van der Waals surface area contributed by atoms with E-state index in [-0.39, 0.29) is 11.6 Å². The average molecular weight is 239 g/mol. The van der Waals surface area contributed by atoms with Gasteiger partial charge >= 0.3 is 5.97 Å². The minimum Gasteiger partial charge on any atom is -0.481 e. The number of carboxylic acid groups (broad SMARTS) is 1. The van der Waals surface area contributed by atoms with E-state index in [0.29, 0.717) is 11.1 Å². The zero-order chi connectivity index (χ0) is 11.9. The molecule has 1 aromatic carbocycles. The maximum Gasteiger partial charge on any atom is 0.308 e. The van der Waals surface area contributed by atoms with E-state index in [1.165, 1.54) is 0 Å². The number of hydrogen-bond acceptors (Lipinski definition) is 2. The first-order valence-electron chi connectivity index (χ1n) is 4.89. The Morgan fingerprint density at radius 2 is 2.12 bits per heavy atom. The van der Waals surface area contributed by atoms with Gasteiger partial charge in [0.15, 0.2) is 5.22 Å². The second-order valence-corrected chi connectivity index (χ2v) is 4.15. The summed E-state index contributed by atoms with van der Waals surface area (Å²) in [6.07, 6.45) is -0.117. The van der Waals surface area contributed by atoms with Crippen LogP contribution in [0, 0.1) is 13.8 Å². The van der Waals surface area contributed by atoms with Crippen molar-refractivity contribution in [3.63, 3.8) is 0 Å². The molecule has 0 unspecified atom stereocenters. The van der Waals surface area contributed by atoms with Crippen molar-refractivity contribution in [3.8, 4) is 0 Å². The third-order valence-corrected chi connectivity index (χ3v) is 3.06. The summed E-state index contributed by atoms with van der Waals surface area (Å²) in [5.74, 6) is -0.914. The average Bonchev–Trinajstić information content (AvgIpc) is 2.51. The number of halogens is 1. The van der Waals surface area contributed by atoms with Gasteiger partial charge in [-0.25, -0.2) is 0 Å². The number of furan rings is 1. The molecule has 0 saturated heterocycles. The quantitative estimate of drug-likeness (QED) is 0.873. The van der Waals surface area contributed by atoms with Crippen molar-refractivity contribution >= 4 is 28.5 Å². The van der Waals surface area contributed by atoms with Crippen molar-refractivity contribution in [1.82, 2.24) is 0 Å². The summed E-state index contributed by atoms with van der Waals surface area (Å²) in [6.45, 7) is 3.91. The molecule has 0 aliphatic carbocycles. The van der Waals surface area contributed by atoms with Gasteiger partial charge in [-0.15, -0.1) is 0 Å². The van der Waals surface area contributed by atoms with Crippen LogP contribution in [-0.4, -0.2) is 11.1 Å². The van der Waals surface area contributed by atoms with Gasteiger partial charge in [0.2, 0.25) is 0 Å². The molecule has 1 heterocycles. The van der Waals surface area contributed by atoms with E-state index in [1.807, 2.05) is 26.0 Å². The van der Waals surface area contributed by atoms with E-state index in [9.17, 15) is 4.79 Å². The predicted octanol–water partition coefficient (Wildman–Crippen LogP) is 3.33. The van der Waals surface area contributed by atoms with Crippen LogP contribution in [-0.2, 0) is 11.2 Å². The van der Waals surface area contributed by atoms with E-state index in [4.69, 9.17) is 21.1 Å². The molecule has 16 heavy (non-hydrogen) atoms. The van der Waals surface area contributed by atoms with Crippen molar-refractivity contribution in [2.24, 2.45) is 0 Å². The van der Waals surface area contributed by atoms with Crippen LogP contribution in [0.3, 0.4) is 0 Å². The summed E-state index contributed by atoms with van der Waals surface area (Å²) in [7, 11) is 0. The summed E-state index contributed by atoms with van der Waals surface area (Å²) in [5.41, 5.74) is 3.32. The maximum atomic E-state index is 10.7. The number of fused-ring (bicyclic) bond motifs is 1. The van der Waals surface area contributed by atoms with Gasteiger partial charge in [0.05, 0.1) is 6.42 Å². The molecule has 3 nitrogen and oxygen atoms in total. The van der Waals surface area contributed by atoms with Crippen molar-refractivity contribution in [3.05, 3.63) is 34.0 Å². The van der Waals surface area contributed by atoms with E-state index in [1.54, 1.807) is 0 Å². The molecule has 0 aliphatic rings. The van der Waals surface area contributed by atoms with E-state index in [0.717, 1.165) is 16.5 Å². The van der Waals surface area contributed by atoms with Gasteiger partial charge in [-0.1, -0.05) is 12.1 Å². The Kier molecular flexibility index (Phi) is 2.64. The smallest absolute Gasteiger partial charge is 0.308 e. The molecular formula is C12H11ClO3. The fourth-order valence-electron chi connectivity index (χ4n) is 1.73. The third kappa shape index (κ3) is 1.67. The van der Waals surface area contributed by atoms with Crippen molar-refractivity contribution in [2.75, 3.05) is 0 Å². The Morgan fingerprint density at radius 3 is 2.75 bits per heavy atom. The van der Waals surface area contributed by atoms with Crippen LogP contribution in [0.25, 0.3) is 11.0 Å². The third-order valence-electron chi connectivity index (χ3n) is 2.76. The Hall–Kier alpha value is -1.48. The van der Waals surface area contributed by atoms with Crippen molar-refractivity contribution in [2.45, 2.75) is 20.3 Å². The lowest BCUT2D eigenvalue weighted by Gasteiger charge is -1.99. The lowest BCUT2D eigenvalue weighted by Crippen LogP contribution is -1.99. The summed E-state index contributed by atoms with van der Waals surface area (Å²) in [5, 5.41) is 9.75. The van der Waals surface area contributed by atoms with Crippen LogP contribution in [0.1, 0.15) is 16.7 Å². The molecule has 2 aromatic rings. The highest BCUT2D eigenvalue weighted by Crippen LogP contribution is 2.33. The van der Waals surface area contributed by atoms with Crippen molar-refractivity contribution in [1.29, 1.82) is 0 Å². The van der Waals surface area contributed by atoms with Crippen LogP contribution in [0.5, 0.6) is 0 Å². The summed E-state index contributed by atoms with van der Waals surface area (Å²) in [6, 6.07) is 3.79. The standard InChI is InChI=1S/C12H11ClO3/c1-6-3-4-8-9(5-10(14)15)12(13)16-11(8)7(6)2/h3-4H,5H2,1-2H3,(H,14,15).